The van der Waals surface area contributed by atoms with E-state index in [2.05, 4.69) is 20.2 Å². The lowest BCUT2D eigenvalue weighted by Crippen LogP contribution is -2.30. The molecule has 0 bridgehead atoms. The molecule has 0 aromatic rings. The van der Waals surface area contributed by atoms with E-state index in [4.69, 9.17) is 0 Å². The molecule has 0 amide bonds. The van der Waals surface area contributed by atoms with Crippen LogP contribution in [-0.4, -0.2) is 44.3 Å². The number of alkyl halides is 6. The third-order valence-corrected chi connectivity index (χ3v) is 3.23. The second-order valence-electron chi connectivity index (χ2n) is 3.36. The van der Waals surface area contributed by atoms with Crippen LogP contribution in [0.3, 0.4) is 0 Å². The predicted octanol–water partition coefficient (Wildman–Crippen LogP) is 2.51. The minimum absolute atomic E-state index is 0.683. The molecule has 0 saturated carbocycles. The van der Waals surface area contributed by atoms with Gasteiger partial charge in [0.1, 0.15) is 6.16 Å². The van der Waals surface area contributed by atoms with E-state index in [9.17, 15) is 35.7 Å². The maximum Gasteiger partial charge on any atom is 0.390 e. The van der Waals surface area contributed by atoms with Crippen molar-refractivity contribution in [2.75, 3.05) is 26.1 Å². The van der Waals surface area contributed by atoms with Crippen LogP contribution in [0.5, 0.6) is 0 Å². The minimum Gasteiger partial charge on any atom is -0.452 e. The van der Waals surface area contributed by atoms with Crippen LogP contribution in [0.15, 0.2) is 0 Å². The monoisotopic (exact) mass is 342 g/mol. The average molecular weight is 342 g/mol. The van der Waals surface area contributed by atoms with Gasteiger partial charge in [0.15, 0.2) is 20.0 Å². The predicted molar refractivity (Wildman–Crippen MR) is 56.3 cm³/mol. The summed E-state index contributed by atoms with van der Waals surface area (Å²) in [5, 5.41) is 0. The third-order valence-electron chi connectivity index (χ3n) is 1.50. The molecular formula is C9H9F6O5P. The number of carbonyl (C=O) groups excluding carboxylic acids is 1. The van der Waals surface area contributed by atoms with Crippen LogP contribution in [0.1, 0.15) is 0 Å². The zero-order valence-electron chi connectivity index (χ0n) is 10.2. The average Bonchev–Trinajstić information content (AvgIpc) is 2.34. The summed E-state index contributed by atoms with van der Waals surface area (Å²) in [4.78, 5) is 11.0. The Morgan fingerprint density at radius 2 is 1.52 bits per heavy atom. The van der Waals surface area contributed by atoms with Crippen LogP contribution in [0.25, 0.3) is 0 Å². The van der Waals surface area contributed by atoms with Crippen molar-refractivity contribution in [2.24, 2.45) is 0 Å². The van der Waals surface area contributed by atoms with Gasteiger partial charge >= 0.3 is 25.8 Å². The molecule has 0 N–H and O–H groups in total. The number of ether oxygens (including phenoxy) is 1. The summed E-state index contributed by atoms with van der Waals surface area (Å²) >= 11 is 0. The van der Waals surface area contributed by atoms with Crippen LogP contribution in [0.2, 0.25) is 0 Å². The molecule has 5 nitrogen and oxygen atoms in total. The Morgan fingerprint density at radius 3 is 1.86 bits per heavy atom. The molecule has 0 aliphatic carbocycles. The fourth-order valence-corrected chi connectivity index (χ4v) is 2.35. The topological polar surface area (TPSA) is 61.8 Å². The number of hydrogen-bond donors (Lipinski definition) is 0. The van der Waals surface area contributed by atoms with Crippen LogP contribution < -0.4 is 0 Å². The zero-order valence-corrected chi connectivity index (χ0v) is 11.1. The van der Waals surface area contributed by atoms with Gasteiger partial charge in [-0.15, -0.1) is 6.42 Å². The molecule has 12 heteroatoms. The second kappa shape index (κ2) is 7.68. The lowest BCUT2D eigenvalue weighted by molar-refractivity contribution is -0.224. The van der Waals surface area contributed by atoms with Crippen LogP contribution in [0, 0.1) is 12.3 Å². The lowest BCUT2D eigenvalue weighted by Gasteiger charge is -2.24. The van der Waals surface area contributed by atoms with Gasteiger partial charge in [0, 0.05) is 0 Å². The Balaban J connectivity index is 5.14. The van der Waals surface area contributed by atoms with Crippen molar-refractivity contribution in [1.82, 2.24) is 0 Å². The maximum atomic E-state index is 12.7. The highest BCUT2D eigenvalue weighted by atomic mass is 31.2. The molecule has 0 atom stereocenters. The van der Waals surface area contributed by atoms with Gasteiger partial charge in [-0.25, -0.2) is 17.8 Å². The Morgan fingerprint density at radius 1 is 1.10 bits per heavy atom. The summed E-state index contributed by atoms with van der Waals surface area (Å²) in [5.74, 6) is 0.176. The Labute approximate surface area is 115 Å². The van der Waals surface area contributed by atoms with Gasteiger partial charge in [0.05, 0.1) is 0 Å². The summed E-state index contributed by atoms with van der Waals surface area (Å²) in [5.41, 5.74) is 0. The maximum absolute atomic E-state index is 12.7. The molecule has 21 heavy (non-hydrogen) atoms. The van der Waals surface area contributed by atoms with Crippen molar-refractivity contribution in [3.05, 3.63) is 0 Å². The summed E-state index contributed by atoms with van der Waals surface area (Å²) in [6.45, 7) is -5.76. The summed E-state index contributed by atoms with van der Waals surface area (Å²) < 4.78 is 96.8. The van der Waals surface area contributed by atoms with Crippen molar-refractivity contribution in [3.63, 3.8) is 0 Å². The number of hydrogen-bond acceptors (Lipinski definition) is 5. The second-order valence-corrected chi connectivity index (χ2v) is 5.26. The van der Waals surface area contributed by atoms with E-state index in [0.29, 0.717) is 0 Å². The van der Waals surface area contributed by atoms with Crippen molar-refractivity contribution in [1.29, 1.82) is 0 Å². The molecule has 0 unspecified atom stereocenters. The fraction of sp³-hybridized carbons (Fsp3) is 0.667. The highest BCUT2D eigenvalue weighted by Crippen LogP contribution is 2.55. The van der Waals surface area contributed by atoms with E-state index in [1.54, 1.807) is 5.92 Å². The molecule has 0 fully saturated rings. The molecular weight excluding hydrogens is 333 g/mol. The van der Waals surface area contributed by atoms with Crippen LogP contribution >= 0.6 is 7.60 Å². The van der Waals surface area contributed by atoms with Crippen molar-refractivity contribution < 1.29 is 49.5 Å². The Bertz CT molecular complexity index is 426. The standard InChI is InChI=1S/C9H9F6O5P/c1-2-3-18-7(16)4-21(17,19-8(12,13)5-10)20-9(14,15)6-11/h1H,3-6H2. The molecule has 0 spiro atoms. The first-order valence-corrected chi connectivity index (χ1v) is 6.69. The van der Waals surface area contributed by atoms with Gasteiger partial charge < -0.3 is 4.74 Å². The van der Waals surface area contributed by atoms with Crippen LogP contribution in [0.4, 0.5) is 26.3 Å². The van der Waals surface area contributed by atoms with Crippen molar-refractivity contribution in [2.45, 2.75) is 12.2 Å². The van der Waals surface area contributed by atoms with Crippen molar-refractivity contribution in [3.8, 4) is 12.3 Å². The smallest absolute Gasteiger partial charge is 0.390 e. The molecule has 122 valence electrons. The van der Waals surface area contributed by atoms with Gasteiger partial charge in [-0.2, -0.15) is 17.6 Å². The first-order chi connectivity index (χ1) is 9.49. The van der Waals surface area contributed by atoms with E-state index < -0.39 is 51.9 Å². The summed E-state index contributed by atoms with van der Waals surface area (Å²) in [7, 11) is -5.61. The number of carbonyl (C=O) groups is 1. The molecule has 0 aromatic heterocycles. The molecule has 0 heterocycles. The van der Waals surface area contributed by atoms with E-state index in [0.717, 1.165) is 0 Å². The summed E-state index contributed by atoms with van der Waals surface area (Å²) in [6.07, 6.45) is -6.61. The number of rotatable bonds is 9. The molecule has 0 aliphatic rings. The number of terminal acetylenes is 1. The lowest BCUT2D eigenvalue weighted by atomic mass is 10.7. The van der Waals surface area contributed by atoms with Gasteiger partial charge in [0.2, 0.25) is 0 Å². The Hall–Kier alpha value is -1.24. The molecule has 0 aromatic carbocycles. The first-order valence-electron chi connectivity index (χ1n) is 4.96. The first kappa shape index (κ1) is 19.8. The SMILES string of the molecule is C#CCOC(=O)CP(=O)(OC(F)(F)CF)OC(F)(F)CF. The normalized spacial score (nSPS) is 12.8. The molecule has 0 saturated heterocycles. The van der Waals surface area contributed by atoms with E-state index in [1.165, 1.54) is 0 Å². The van der Waals surface area contributed by atoms with Crippen molar-refractivity contribution >= 4 is 13.6 Å². The van der Waals surface area contributed by atoms with Gasteiger partial charge in [0.25, 0.3) is 0 Å². The molecule has 0 aliphatic heterocycles. The van der Waals surface area contributed by atoms with Crippen LogP contribution in [-0.2, 0) is 23.1 Å². The zero-order chi connectivity index (χ0) is 16.7. The highest BCUT2D eigenvalue weighted by molar-refractivity contribution is 7.54. The van der Waals surface area contributed by atoms with Gasteiger partial charge in [-0.05, 0) is 0 Å². The number of halogens is 6. The van der Waals surface area contributed by atoms with Gasteiger partial charge in [-0.3, -0.25) is 9.36 Å². The fourth-order valence-electron chi connectivity index (χ4n) is 0.865. The minimum atomic E-state index is -5.61. The Kier molecular flexibility index (Phi) is 7.23. The largest absolute Gasteiger partial charge is 0.452 e. The van der Waals surface area contributed by atoms with E-state index >= 15 is 0 Å². The van der Waals surface area contributed by atoms with E-state index in [-0.39, 0.29) is 0 Å². The molecule has 0 radical (unpaired) electrons. The summed E-state index contributed by atoms with van der Waals surface area (Å²) in [6, 6.07) is 0. The molecule has 0 rings (SSSR count). The highest BCUT2D eigenvalue weighted by Gasteiger charge is 2.49. The van der Waals surface area contributed by atoms with E-state index in [1.807, 2.05) is 0 Å². The number of esters is 1. The van der Waals surface area contributed by atoms with Gasteiger partial charge in [-0.1, -0.05) is 5.92 Å². The third kappa shape index (κ3) is 7.94. The quantitative estimate of drug-likeness (QED) is 0.279.